The lowest BCUT2D eigenvalue weighted by molar-refractivity contribution is 0.487. The normalized spacial score (nSPS) is 13.1. The smallest absolute Gasteiger partial charge is 0.153 e. The molecule has 2 nitrogen and oxygen atoms in total. The highest BCUT2D eigenvalue weighted by molar-refractivity contribution is 7.99. The molecule has 0 bridgehead atoms. The van der Waals surface area contributed by atoms with Crippen molar-refractivity contribution in [3.8, 4) is 11.5 Å². The number of pyridine rings is 1. The highest BCUT2D eigenvalue weighted by Crippen LogP contribution is 2.41. The van der Waals surface area contributed by atoms with E-state index in [9.17, 15) is 4.39 Å². The van der Waals surface area contributed by atoms with Crippen molar-refractivity contribution in [2.45, 2.75) is 11.3 Å². The van der Waals surface area contributed by atoms with Crippen LogP contribution >= 0.6 is 11.8 Å². The molecule has 0 amide bonds. The number of benzene rings is 3. The summed E-state index contributed by atoms with van der Waals surface area (Å²) in [6.07, 6.45) is 4.68. The van der Waals surface area contributed by atoms with Gasteiger partial charge in [-0.15, -0.1) is 11.8 Å². The summed E-state index contributed by atoms with van der Waals surface area (Å²) in [6.45, 7) is 0. The Labute approximate surface area is 173 Å². The number of fused-ring (bicyclic) bond motifs is 3. The maximum Gasteiger partial charge on any atom is 0.153 e. The van der Waals surface area contributed by atoms with Crippen LogP contribution in [0, 0.1) is 5.82 Å². The van der Waals surface area contributed by atoms with Gasteiger partial charge in [0.25, 0.3) is 0 Å². The summed E-state index contributed by atoms with van der Waals surface area (Å²) in [4.78, 5) is 6.19. The van der Waals surface area contributed by atoms with Crippen LogP contribution < -0.4 is 4.74 Å². The Morgan fingerprint density at radius 3 is 2.59 bits per heavy atom. The van der Waals surface area contributed by atoms with E-state index in [1.165, 1.54) is 16.5 Å². The van der Waals surface area contributed by atoms with E-state index in [1.54, 1.807) is 18.2 Å². The van der Waals surface area contributed by atoms with Crippen LogP contribution in [0.5, 0.6) is 11.5 Å². The Bertz CT molecular complexity index is 1220. The summed E-state index contributed by atoms with van der Waals surface area (Å²) >= 11 is 1.85. The Balaban J connectivity index is 1.63. The fraction of sp³-hybridized carbons (Fsp3) is 0.0800. The highest BCUT2D eigenvalue weighted by atomic mass is 32.2. The van der Waals surface area contributed by atoms with Crippen LogP contribution in [0.2, 0.25) is 0 Å². The van der Waals surface area contributed by atoms with Crippen LogP contribution in [-0.2, 0) is 6.42 Å². The first-order chi connectivity index (χ1) is 14.3. The molecular formula is C25H18FNOS. The summed E-state index contributed by atoms with van der Waals surface area (Å²) < 4.78 is 20.2. The van der Waals surface area contributed by atoms with Gasteiger partial charge in [-0.2, -0.15) is 0 Å². The number of aromatic nitrogens is 1. The molecule has 3 aromatic carbocycles. The SMILES string of the molecule is Fc1ccccc1C=Cc1nc2c(Oc3ccccc3)cccc2c2c1CCS2. The first-order valence-corrected chi connectivity index (χ1v) is 10.5. The Hall–Kier alpha value is -3.11. The van der Waals surface area contributed by atoms with E-state index in [4.69, 9.17) is 9.72 Å². The molecule has 1 aromatic heterocycles. The second-order valence-electron chi connectivity index (χ2n) is 6.83. The minimum Gasteiger partial charge on any atom is -0.455 e. The second kappa shape index (κ2) is 7.72. The molecule has 0 spiro atoms. The van der Waals surface area contributed by atoms with E-state index >= 15 is 0 Å². The molecule has 0 N–H and O–H groups in total. The van der Waals surface area contributed by atoms with Gasteiger partial charge < -0.3 is 4.74 Å². The second-order valence-corrected chi connectivity index (χ2v) is 7.93. The Morgan fingerprint density at radius 1 is 0.897 bits per heavy atom. The molecule has 0 saturated heterocycles. The molecule has 0 atom stereocenters. The van der Waals surface area contributed by atoms with Crippen LogP contribution in [-0.4, -0.2) is 10.7 Å². The van der Waals surface area contributed by atoms with E-state index in [0.29, 0.717) is 5.56 Å². The first-order valence-electron chi connectivity index (χ1n) is 9.53. The average molecular weight is 399 g/mol. The molecule has 0 unspecified atom stereocenters. The van der Waals surface area contributed by atoms with Crippen molar-refractivity contribution < 1.29 is 9.13 Å². The van der Waals surface area contributed by atoms with Gasteiger partial charge in [0, 0.05) is 21.6 Å². The van der Waals surface area contributed by atoms with Crippen LogP contribution in [0.25, 0.3) is 23.1 Å². The highest BCUT2D eigenvalue weighted by Gasteiger charge is 2.21. The van der Waals surface area contributed by atoms with Gasteiger partial charge in [-0.3, -0.25) is 0 Å². The molecule has 142 valence electrons. The summed E-state index contributed by atoms with van der Waals surface area (Å²) in [5.41, 5.74) is 3.50. The predicted octanol–water partition coefficient (Wildman–Crippen LogP) is 6.98. The lowest BCUT2D eigenvalue weighted by Crippen LogP contribution is -1.96. The van der Waals surface area contributed by atoms with Crippen molar-refractivity contribution >= 4 is 34.8 Å². The fourth-order valence-corrected chi connectivity index (χ4v) is 4.78. The largest absolute Gasteiger partial charge is 0.455 e. The van der Waals surface area contributed by atoms with Gasteiger partial charge in [-0.05, 0) is 48.4 Å². The van der Waals surface area contributed by atoms with Crippen LogP contribution in [0.1, 0.15) is 16.8 Å². The number of rotatable bonds is 4. The van der Waals surface area contributed by atoms with Crippen molar-refractivity contribution in [3.63, 3.8) is 0 Å². The maximum absolute atomic E-state index is 14.0. The van der Waals surface area contributed by atoms with Crippen molar-refractivity contribution in [2.75, 3.05) is 5.75 Å². The summed E-state index contributed by atoms with van der Waals surface area (Å²) in [6, 6.07) is 22.5. The molecule has 0 fully saturated rings. The molecule has 2 heterocycles. The van der Waals surface area contributed by atoms with Gasteiger partial charge in [0.15, 0.2) is 5.75 Å². The zero-order valence-electron chi connectivity index (χ0n) is 15.6. The number of nitrogens with zero attached hydrogens (tertiary/aromatic N) is 1. The van der Waals surface area contributed by atoms with E-state index in [-0.39, 0.29) is 5.82 Å². The number of thioether (sulfide) groups is 1. The number of hydrogen-bond acceptors (Lipinski definition) is 3. The van der Waals surface area contributed by atoms with Gasteiger partial charge in [-0.1, -0.05) is 48.5 Å². The van der Waals surface area contributed by atoms with Crippen LogP contribution in [0.15, 0.2) is 77.7 Å². The number of ether oxygens (including phenoxy) is 1. The van der Waals surface area contributed by atoms with Crippen molar-refractivity contribution in [3.05, 3.63) is 95.4 Å². The lowest BCUT2D eigenvalue weighted by atomic mass is 10.1. The average Bonchev–Trinajstić information content (AvgIpc) is 3.25. The molecule has 0 radical (unpaired) electrons. The van der Waals surface area contributed by atoms with Crippen molar-refractivity contribution in [1.82, 2.24) is 4.98 Å². The predicted molar refractivity (Wildman–Crippen MR) is 118 cm³/mol. The van der Waals surface area contributed by atoms with E-state index in [2.05, 4.69) is 6.07 Å². The summed E-state index contributed by atoms with van der Waals surface area (Å²) in [7, 11) is 0. The van der Waals surface area contributed by atoms with Crippen molar-refractivity contribution in [2.24, 2.45) is 0 Å². The molecule has 1 aliphatic rings. The number of halogens is 1. The van der Waals surface area contributed by atoms with Crippen molar-refractivity contribution in [1.29, 1.82) is 0 Å². The zero-order valence-corrected chi connectivity index (χ0v) is 16.5. The molecule has 0 aliphatic carbocycles. The minimum absolute atomic E-state index is 0.233. The molecule has 29 heavy (non-hydrogen) atoms. The molecule has 4 heteroatoms. The summed E-state index contributed by atoms with van der Waals surface area (Å²) in [5.74, 6) is 2.30. The zero-order chi connectivity index (χ0) is 19.6. The van der Waals surface area contributed by atoms with Crippen LogP contribution in [0.3, 0.4) is 0 Å². The third-order valence-corrected chi connectivity index (χ3v) is 6.12. The molecule has 0 saturated carbocycles. The van der Waals surface area contributed by atoms with E-state index in [0.717, 1.165) is 40.3 Å². The molecule has 4 aromatic rings. The van der Waals surface area contributed by atoms with Crippen LogP contribution in [0.4, 0.5) is 4.39 Å². The molecule has 1 aliphatic heterocycles. The van der Waals surface area contributed by atoms with E-state index in [1.807, 2.05) is 66.4 Å². The third-order valence-electron chi connectivity index (χ3n) is 4.95. The fourth-order valence-electron chi connectivity index (χ4n) is 3.56. The van der Waals surface area contributed by atoms with Gasteiger partial charge in [-0.25, -0.2) is 9.37 Å². The van der Waals surface area contributed by atoms with Gasteiger partial charge in [0.2, 0.25) is 0 Å². The quantitative estimate of drug-likeness (QED) is 0.369. The Morgan fingerprint density at radius 2 is 1.72 bits per heavy atom. The Kier molecular flexibility index (Phi) is 4.78. The number of hydrogen-bond donors (Lipinski definition) is 0. The monoisotopic (exact) mass is 399 g/mol. The summed E-state index contributed by atoms with van der Waals surface area (Å²) in [5, 5.41) is 1.11. The van der Waals surface area contributed by atoms with E-state index < -0.39 is 0 Å². The van der Waals surface area contributed by atoms with Gasteiger partial charge in [0.1, 0.15) is 17.1 Å². The number of para-hydroxylation sites is 2. The van der Waals surface area contributed by atoms with Gasteiger partial charge >= 0.3 is 0 Å². The standard InChI is InChI=1S/C25H18FNOS/c26-21-11-5-4-7-17(21)13-14-22-19-15-16-29-25(19)20-10-6-12-23(24(20)27-22)28-18-8-2-1-3-9-18/h1-14H,15-16H2. The minimum atomic E-state index is -0.233. The molecular weight excluding hydrogens is 381 g/mol. The topological polar surface area (TPSA) is 22.1 Å². The van der Waals surface area contributed by atoms with Gasteiger partial charge in [0.05, 0.1) is 5.69 Å². The third kappa shape index (κ3) is 3.52. The first kappa shape index (κ1) is 18.0. The maximum atomic E-state index is 14.0. The lowest BCUT2D eigenvalue weighted by Gasteiger charge is -2.12. The molecule has 5 rings (SSSR count).